The number of amides is 1. The molecule has 9 nitrogen and oxygen atoms in total. The van der Waals surface area contributed by atoms with Crippen LogP contribution in [0, 0.1) is 17.3 Å². The lowest BCUT2D eigenvalue weighted by Gasteiger charge is -2.55. The molecule has 184 valence electrons. The second-order valence-electron chi connectivity index (χ2n) is 10.2. The zero-order valence-electron chi connectivity index (χ0n) is 20.0. The zero-order valence-corrected chi connectivity index (χ0v) is 20.8. The second-order valence-corrected chi connectivity index (χ2v) is 11.6. The van der Waals surface area contributed by atoms with E-state index in [9.17, 15) is 14.7 Å². The molecule has 5 N–H and O–H groups in total. The first-order valence-corrected chi connectivity index (χ1v) is 12.8. The molecule has 0 aromatic carbocycles. The number of nitrogens with two attached hydrogens (primary N) is 2. The van der Waals surface area contributed by atoms with Gasteiger partial charge in [0.2, 0.25) is 5.91 Å². The maximum atomic E-state index is 13.0. The van der Waals surface area contributed by atoms with E-state index in [1.807, 2.05) is 13.8 Å². The van der Waals surface area contributed by atoms with Gasteiger partial charge in [-0.3, -0.25) is 19.6 Å². The van der Waals surface area contributed by atoms with Gasteiger partial charge >= 0.3 is 5.97 Å². The highest BCUT2D eigenvalue weighted by Gasteiger charge is 2.68. The SMILES string of the molecule is CO[C@H](C)[C@@]1(C)C(=O)N2C(C(=O)O)=C(SC3CN(C4CCC(CN=C(N)N)CC4)C3)[C@H](C)[C@@H]21. The third-order valence-electron chi connectivity index (χ3n) is 8.37. The molecule has 4 aliphatic rings. The van der Waals surface area contributed by atoms with Crippen LogP contribution in [0.15, 0.2) is 15.6 Å². The van der Waals surface area contributed by atoms with Crippen molar-refractivity contribution in [3.63, 3.8) is 0 Å². The predicted octanol–water partition coefficient (Wildman–Crippen LogP) is 1.43. The van der Waals surface area contributed by atoms with Crippen LogP contribution in [-0.2, 0) is 14.3 Å². The van der Waals surface area contributed by atoms with Crippen LogP contribution in [-0.4, -0.2) is 82.9 Å². The van der Waals surface area contributed by atoms with Gasteiger partial charge in [-0.25, -0.2) is 4.79 Å². The molecular formula is C23H37N5O4S. The summed E-state index contributed by atoms with van der Waals surface area (Å²) in [5.74, 6) is -0.443. The fraction of sp³-hybridized carbons (Fsp3) is 0.783. The molecule has 4 rings (SSSR count). The van der Waals surface area contributed by atoms with Gasteiger partial charge in [0, 0.05) is 48.9 Å². The third kappa shape index (κ3) is 4.04. The number of β-lactam (4-membered cyclic amide) rings is 1. The molecule has 0 bridgehead atoms. The van der Waals surface area contributed by atoms with E-state index in [0.717, 1.165) is 43.7 Å². The molecule has 2 saturated heterocycles. The van der Waals surface area contributed by atoms with E-state index in [1.165, 1.54) is 4.90 Å². The lowest BCUT2D eigenvalue weighted by atomic mass is 9.66. The molecule has 10 heteroatoms. The number of aliphatic imine (C=N–C) groups is 1. The molecule has 1 saturated carbocycles. The lowest BCUT2D eigenvalue weighted by molar-refractivity contribution is -0.183. The highest BCUT2D eigenvalue weighted by atomic mass is 32.2. The molecule has 1 amide bonds. The topological polar surface area (TPSA) is 134 Å². The highest BCUT2D eigenvalue weighted by Crippen LogP contribution is 2.57. The summed E-state index contributed by atoms with van der Waals surface area (Å²) in [7, 11) is 1.60. The number of ether oxygens (including phenoxy) is 1. The maximum Gasteiger partial charge on any atom is 0.353 e. The minimum absolute atomic E-state index is 0.0126. The van der Waals surface area contributed by atoms with Gasteiger partial charge in [0.15, 0.2) is 5.96 Å². The van der Waals surface area contributed by atoms with Gasteiger partial charge in [-0.15, -0.1) is 11.8 Å². The Balaban J connectivity index is 1.35. The fourth-order valence-electron chi connectivity index (χ4n) is 6.16. The number of carbonyl (C=O) groups excluding carboxylic acids is 1. The Morgan fingerprint density at radius 3 is 2.48 bits per heavy atom. The minimum atomic E-state index is -1.01. The van der Waals surface area contributed by atoms with Crippen LogP contribution >= 0.6 is 11.8 Å². The van der Waals surface area contributed by atoms with Crippen molar-refractivity contribution in [1.29, 1.82) is 0 Å². The number of hydrogen-bond acceptors (Lipinski definition) is 6. The van der Waals surface area contributed by atoms with Crippen molar-refractivity contribution in [3.8, 4) is 0 Å². The second kappa shape index (κ2) is 9.11. The predicted molar refractivity (Wildman–Crippen MR) is 128 cm³/mol. The summed E-state index contributed by atoms with van der Waals surface area (Å²) in [6.07, 6.45) is 4.30. The highest BCUT2D eigenvalue weighted by molar-refractivity contribution is 8.03. The Hall–Kier alpha value is -1.78. The number of guanidine groups is 1. The number of carboxylic acids is 1. The van der Waals surface area contributed by atoms with Gasteiger partial charge in [-0.1, -0.05) is 6.92 Å². The van der Waals surface area contributed by atoms with Gasteiger partial charge in [-0.05, 0) is 45.4 Å². The van der Waals surface area contributed by atoms with Crippen molar-refractivity contribution < 1.29 is 19.4 Å². The van der Waals surface area contributed by atoms with Crippen molar-refractivity contribution in [3.05, 3.63) is 10.6 Å². The van der Waals surface area contributed by atoms with Crippen molar-refractivity contribution >= 4 is 29.6 Å². The molecule has 0 unspecified atom stereocenters. The number of nitrogens with zero attached hydrogens (tertiary/aromatic N) is 3. The number of thioether (sulfide) groups is 1. The molecule has 33 heavy (non-hydrogen) atoms. The number of carboxylic acid groups (broad SMARTS) is 1. The molecule has 1 aliphatic carbocycles. The summed E-state index contributed by atoms with van der Waals surface area (Å²) in [6, 6.07) is 0.420. The van der Waals surface area contributed by atoms with Gasteiger partial charge in [0.1, 0.15) is 5.70 Å². The number of hydrogen-bond donors (Lipinski definition) is 3. The number of likely N-dealkylation sites (tertiary alicyclic amines) is 1. The number of rotatable bonds is 8. The van der Waals surface area contributed by atoms with Crippen LogP contribution in [0.1, 0.15) is 46.5 Å². The third-order valence-corrected chi connectivity index (χ3v) is 9.82. The summed E-state index contributed by atoms with van der Waals surface area (Å²) >= 11 is 1.66. The molecule has 3 fully saturated rings. The van der Waals surface area contributed by atoms with Crippen LogP contribution in [0.25, 0.3) is 0 Å². The Kier molecular flexibility index (Phi) is 6.72. The summed E-state index contributed by atoms with van der Waals surface area (Å²) in [4.78, 5) is 34.2. The lowest BCUT2D eigenvalue weighted by Crippen LogP contribution is -2.71. The average molecular weight is 480 g/mol. The zero-order chi connectivity index (χ0) is 24.1. The van der Waals surface area contributed by atoms with E-state index in [2.05, 4.69) is 16.8 Å². The summed E-state index contributed by atoms with van der Waals surface area (Å²) in [5.41, 5.74) is 10.4. The number of carbonyl (C=O) groups is 2. The van der Waals surface area contributed by atoms with Crippen molar-refractivity contribution in [1.82, 2.24) is 9.80 Å². The minimum Gasteiger partial charge on any atom is -0.477 e. The fourth-order valence-corrected chi connectivity index (χ4v) is 7.69. The Bertz CT molecular complexity index is 861. The monoisotopic (exact) mass is 479 g/mol. The molecule has 3 heterocycles. The molecule has 4 atom stereocenters. The van der Waals surface area contributed by atoms with E-state index >= 15 is 0 Å². The molecule has 3 aliphatic heterocycles. The van der Waals surface area contributed by atoms with E-state index < -0.39 is 11.4 Å². The molecular weight excluding hydrogens is 442 g/mol. The van der Waals surface area contributed by atoms with Crippen LogP contribution in [0.5, 0.6) is 0 Å². The van der Waals surface area contributed by atoms with Gasteiger partial charge in [-0.2, -0.15) is 0 Å². The summed E-state index contributed by atoms with van der Waals surface area (Å²) < 4.78 is 5.50. The molecule has 0 spiro atoms. The smallest absolute Gasteiger partial charge is 0.353 e. The van der Waals surface area contributed by atoms with Crippen LogP contribution < -0.4 is 11.5 Å². The van der Waals surface area contributed by atoms with E-state index in [1.54, 1.807) is 18.9 Å². The number of fused-ring (bicyclic) bond motifs is 1. The average Bonchev–Trinajstić information content (AvgIpc) is 3.03. The maximum absolute atomic E-state index is 13.0. The van der Waals surface area contributed by atoms with Crippen molar-refractivity contribution in [2.45, 2.75) is 69.9 Å². The van der Waals surface area contributed by atoms with Crippen molar-refractivity contribution in [2.24, 2.45) is 33.7 Å². The first-order valence-electron chi connectivity index (χ1n) is 11.9. The molecule has 0 aromatic heterocycles. The first kappa shape index (κ1) is 24.3. The largest absolute Gasteiger partial charge is 0.477 e. The normalized spacial score (nSPS) is 35.6. The van der Waals surface area contributed by atoms with E-state index in [-0.39, 0.29) is 35.6 Å². The van der Waals surface area contributed by atoms with Crippen molar-refractivity contribution in [2.75, 3.05) is 26.7 Å². The summed E-state index contributed by atoms with van der Waals surface area (Å²) in [6.45, 7) is 8.49. The number of aliphatic carboxylic acids is 1. The van der Waals surface area contributed by atoms with Crippen LogP contribution in [0.2, 0.25) is 0 Å². The number of methoxy groups -OCH3 is 1. The van der Waals surface area contributed by atoms with Gasteiger partial charge < -0.3 is 21.3 Å². The quantitative estimate of drug-likeness (QED) is 0.270. The van der Waals surface area contributed by atoms with E-state index in [0.29, 0.717) is 23.8 Å². The van der Waals surface area contributed by atoms with Gasteiger partial charge in [0.25, 0.3) is 0 Å². The molecule has 0 aromatic rings. The summed E-state index contributed by atoms with van der Waals surface area (Å²) in [5, 5.41) is 10.3. The molecule has 0 radical (unpaired) electrons. The Morgan fingerprint density at radius 1 is 1.30 bits per heavy atom. The van der Waals surface area contributed by atoms with Gasteiger partial charge in [0.05, 0.1) is 17.6 Å². The van der Waals surface area contributed by atoms with E-state index in [4.69, 9.17) is 16.2 Å². The standard InChI is InChI=1S/C23H37N5O4S/c1-12-18(17(20(29)30)28-19(12)23(3,21(28)31)13(2)32-4)33-16-10-27(11-16)15-7-5-14(6-8-15)9-26-22(24)25/h12-16,19H,5-11H2,1-4H3,(H,29,30)(H4,24,25,26)/t12-,13+,14?,15?,19+,23+/m0/s1. The Labute approximate surface area is 200 Å². The van der Waals surface area contributed by atoms with Crippen LogP contribution in [0.3, 0.4) is 0 Å². The van der Waals surface area contributed by atoms with Crippen LogP contribution in [0.4, 0.5) is 0 Å². The Morgan fingerprint density at radius 2 is 1.94 bits per heavy atom. The first-order chi connectivity index (χ1) is 15.6.